The Balaban J connectivity index is 2.00. The second kappa shape index (κ2) is 4.78. The van der Waals surface area contributed by atoms with Crippen LogP contribution in [-0.2, 0) is 4.79 Å². The van der Waals surface area contributed by atoms with E-state index in [1.165, 1.54) is 12.1 Å². The molecule has 1 saturated carbocycles. The SMILES string of the molecule is O=C(NCC1(C(=O)O)CC1)c1ccc(Cl)c(Cl)c1. The smallest absolute Gasteiger partial charge is 0.311 e. The van der Waals surface area contributed by atoms with Gasteiger partial charge in [-0.3, -0.25) is 9.59 Å². The molecule has 18 heavy (non-hydrogen) atoms. The van der Waals surface area contributed by atoms with E-state index in [0.717, 1.165) is 0 Å². The summed E-state index contributed by atoms with van der Waals surface area (Å²) < 4.78 is 0. The van der Waals surface area contributed by atoms with Crippen LogP contribution >= 0.6 is 23.2 Å². The Labute approximate surface area is 114 Å². The summed E-state index contributed by atoms with van der Waals surface area (Å²) in [5, 5.41) is 12.3. The van der Waals surface area contributed by atoms with Gasteiger partial charge in [0.1, 0.15) is 0 Å². The van der Waals surface area contributed by atoms with Gasteiger partial charge in [0.15, 0.2) is 0 Å². The molecular weight excluding hydrogens is 277 g/mol. The molecule has 0 aromatic heterocycles. The highest BCUT2D eigenvalue weighted by molar-refractivity contribution is 6.42. The van der Waals surface area contributed by atoms with Crippen LogP contribution in [0.5, 0.6) is 0 Å². The molecule has 0 unspecified atom stereocenters. The predicted octanol–water partition coefficient (Wildman–Crippen LogP) is 2.59. The minimum atomic E-state index is -0.864. The number of nitrogens with one attached hydrogen (secondary N) is 1. The third kappa shape index (κ3) is 2.60. The van der Waals surface area contributed by atoms with E-state index in [1.54, 1.807) is 6.07 Å². The summed E-state index contributed by atoms with van der Waals surface area (Å²) in [5.74, 6) is -1.21. The van der Waals surface area contributed by atoms with E-state index in [-0.39, 0.29) is 12.5 Å². The Bertz CT molecular complexity index is 512. The lowest BCUT2D eigenvalue weighted by Gasteiger charge is -2.11. The van der Waals surface area contributed by atoms with E-state index in [2.05, 4.69) is 5.32 Å². The average molecular weight is 288 g/mol. The Morgan fingerprint density at radius 1 is 1.28 bits per heavy atom. The first-order valence-corrected chi connectivity index (χ1v) is 6.17. The van der Waals surface area contributed by atoms with E-state index in [1.807, 2.05) is 0 Å². The van der Waals surface area contributed by atoms with Crippen LogP contribution in [0.3, 0.4) is 0 Å². The normalized spacial score (nSPS) is 16.1. The summed E-state index contributed by atoms with van der Waals surface area (Å²) in [7, 11) is 0. The van der Waals surface area contributed by atoms with Gasteiger partial charge in [-0.05, 0) is 31.0 Å². The van der Waals surface area contributed by atoms with Crippen LogP contribution in [0.2, 0.25) is 10.0 Å². The molecule has 0 aliphatic heterocycles. The number of hydrogen-bond donors (Lipinski definition) is 2. The number of carboxylic acid groups (broad SMARTS) is 1. The number of halogens is 2. The lowest BCUT2D eigenvalue weighted by atomic mass is 10.1. The van der Waals surface area contributed by atoms with Gasteiger partial charge >= 0.3 is 5.97 Å². The summed E-state index contributed by atoms with van der Waals surface area (Å²) in [6.45, 7) is 0.140. The maximum absolute atomic E-state index is 11.8. The van der Waals surface area contributed by atoms with Gasteiger partial charge in [0.25, 0.3) is 5.91 Å². The highest BCUT2D eigenvalue weighted by Gasteiger charge is 2.50. The fourth-order valence-corrected chi connectivity index (χ4v) is 1.90. The zero-order valence-corrected chi connectivity index (χ0v) is 10.9. The molecule has 96 valence electrons. The van der Waals surface area contributed by atoms with Crippen molar-refractivity contribution in [3.8, 4) is 0 Å². The number of rotatable bonds is 4. The van der Waals surface area contributed by atoms with Crippen molar-refractivity contribution in [3.05, 3.63) is 33.8 Å². The number of hydrogen-bond acceptors (Lipinski definition) is 2. The van der Waals surface area contributed by atoms with Crippen LogP contribution in [0.1, 0.15) is 23.2 Å². The van der Waals surface area contributed by atoms with Gasteiger partial charge in [0.2, 0.25) is 0 Å². The molecule has 6 heteroatoms. The quantitative estimate of drug-likeness (QED) is 0.895. The maximum atomic E-state index is 11.8. The Hall–Kier alpha value is -1.26. The van der Waals surface area contributed by atoms with E-state index in [9.17, 15) is 9.59 Å². The largest absolute Gasteiger partial charge is 0.481 e. The number of carbonyl (C=O) groups is 2. The Morgan fingerprint density at radius 3 is 2.44 bits per heavy atom. The monoisotopic (exact) mass is 287 g/mol. The first-order chi connectivity index (χ1) is 8.44. The highest BCUT2D eigenvalue weighted by Crippen LogP contribution is 2.45. The van der Waals surface area contributed by atoms with Crippen LogP contribution in [0, 0.1) is 5.41 Å². The molecule has 1 aromatic rings. The molecule has 1 fully saturated rings. The number of amides is 1. The van der Waals surface area contributed by atoms with Crippen molar-refractivity contribution in [2.24, 2.45) is 5.41 Å². The van der Waals surface area contributed by atoms with Gasteiger partial charge in [-0.25, -0.2) is 0 Å². The predicted molar refractivity (Wildman–Crippen MR) is 68.1 cm³/mol. The van der Waals surface area contributed by atoms with Crippen LogP contribution in [0.15, 0.2) is 18.2 Å². The van der Waals surface area contributed by atoms with Crippen molar-refractivity contribution < 1.29 is 14.7 Å². The van der Waals surface area contributed by atoms with Gasteiger partial charge in [0.05, 0.1) is 15.5 Å². The second-order valence-electron chi connectivity index (χ2n) is 4.40. The zero-order valence-electron chi connectivity index (χ0n) is 9.37. The number of benzene rings is 1. The molecule has 0 saturated heterocycles. The molecule has 1 aliphatic rings. The third-order valence-corrected chi connectivity index (χ3v) is 3.82. The van der Waals surface area contributed by atoms with Crippen molar-refractivity contribution in [1.29, 1.82) is 0 Å². The van der Waals surface area contributed by atoms with Crippen molar-refractivity contribution >= 4 is 35.1 Å². The topological polar surface area (TPSA) is 66.4 Å². The van der Waals surface area contributed by atoms with Gasteiger partial charge in [-0.2, -0.15) is 0 Å². The molecule has 2 rings (SSSR count). The van der Waals surface area contributed by atoms with Gasteiger partial charge in [-0.1, -0.05) is 23.2 Å². The minimum absolute atomic E-state index is 0.140. The van der Waals surface area contributed by atoms with Crippen molar-refractivity contribution in [2.75, 3.05) is 6.54 Å². The molecule has 0 heterocycles. The first kappa shape index (κ1) is 13.2. The number of carbonyl (C=O) groups excluding carboxylic acids is 1. The standard InChI is InChI=1S/C12H11Cl2NO3/c13-8-2-1-7(5-9(8)14)10(16)15-6-12(3-4-12)11(17)18/h1-2,5H,3-4,6H2,(H,15,16)(H,17,18). The summed E-state index contributed by atoms with van der Waals surface area (Å²) in [4.78, 5) is 22.7. The highest BCUT2D eigenvalue weighted by atomic mass is 35.5. The summed E-state index contributed by atoms with van der Waals surface area (Å²) in [5.41, 5.74) is -0.406. The summed E-state index contributed by atoms with van der Waals surface area (Å²) in [6.07, 6.45) is 1.20. The third-order valence-electron chi connectivity index (χ3n) is 3.08. The average Bonchev–Trinajstić information content (AvgIpc) is 3.11. The van der Waals surface area contributed by atoms with Gasteiger partial charge in [0, 0.05) is 12.1 Å². The lowest BCUT2D eigenvalue weighted by molar-refractivity contribution is -0.143. The fraction of sp³-hybridized carbons (Fsp3) is 0.333. The van der Waals surface area contributed by atoms with E-state index in [0.29, 0.717) is 28.5 Å². The molecule has 0 atom stereocenters. The minimum Gasteiger partial charge on any atom is -0.481 e. The summed E-state index contributed by atoms with van der Waals surface area (Å²) in [6, 6.07) is 4.53. The van der Waals surface area contributed by atoms with Crippen LogP contribution in [0.4, 0.5) is 0 Å². The van der Waals surface area contributed by atoms with Crippen LogP contribution < -0.4 is 5.32 Å². The van der Waals surface area contributed by atoms with E-state index < -0.39 is 11.4 Å². The van der Waals surface area contributed by atoms with Crippen molar-refractivity contribution in [1.82, 2.24) is 5.32 Å². The summed E-state index contributed by atoms with van der Waals surface area (Å²) >= 11 is 11.5. The second-order valence-corrected chi connectivity index (χ2v) is 5.21. The zero-order chi connectivity index (χ0) is 13.3. The molecule has 0 bridgehead atoms. The Morgan fingerprint density at radius 2 is 1.94 bits per heavy atom. The first-order valence-electron chi connectivity index (χ1n) is 5.41. The number of aliphatic carboxylic acids is 1. The van der Waals surface area contributed by atoms with Crippen LogP contribution in [-0.4, -0.2) is 23.5 Å². The molecule has 1 amide bonds. The Kier molecular flexibility index (Phi) is 3.50. The lowest BCUT2D eigenvalue weighted by Crippen LogP contribution is -2.34. The van der Waals surface area contributed by atoms with Gasteiger partial charge in [-0.15, -0.1) is 0 Å². The van der Waals surface area contributed by atoms with Crippen molar-refractivity contribution in [3.63, 3.8) is 0 Å². The van der Waals surface area contributed by atoms with Crippen LogP contribution in [0.25, 0.3) is 0 Å². The molecule has 1 aromatic carbocycles. The van der Waals surface area contributed by atoms with E-state index >= 15 is 0 Å². The fourth-order valence-electron chi connectivity index (χ4n) is 1.61. The van der Waals surface area contributed by atoms with Gasteiger partial charge < -0.3 is 10.4 Å². The number of carboxylic acids is 1. The molecule has 0 spiro atoms. The van der Waals surface area contributed by atoms with E-state index in [4.69, 9.17) is 28.3 Å². The maximum Gasteiger partial charge on any atom is 0.311 e. The van der Waals surface area contributed by atoms with Crippen molar-refractivity contribution in [2.45, 2.75) is 12.8 Å². The molecule has 0 radical (unpaired) electrons. The molecule has 2 N–H and O–H groups in total. The molecule has 1 aliphatic carbocycles. The molecular formula is C12H11Cl2NO3. The molecule has 4 nitrogen and oxygen atoms in total.